The summed E-state index contributed by atoms with van der Waals surface area (Å²) < 4.78 is 0. The number of rotatable bonds is 6. The summed E-state index contributed by atoms with van der Waals surface area (Å²) in [7, 11) is 0. The topological polar surface area (TPSA) is 61.4 Å². The van der Waals surface area contributed by atoms with Crippen LogP contribution >= 0.6 is 23.4 Å². The molecule has 0 atom stereocenters. The van der Waals surface area contributed by atoms with Crippen LogP contribution in [0.4, 0.5) is 17.2 Å². The quantitative estimate of drug-likeness (QED) is 0.554. The van der Waals surface area contributed by atoms with E-state index in [2.05, 4.69) is 49.4 Å². The summed E-state index contributed by atoms with van der Waals surface area (Å²) in [5.74, 6) is 0.995. The van der Waals surface area contributed by atoms with Crippen molar-refractivity contribution in [3.63, 3.8) is 0 Å². The van der Waals surface area contributed by atoms with Crippen LogP contribution < -0.4 is 15.1 Å². The second kappa shape index (κ2) is 10.0. The molecule has 31 heavy (non-hydrogen) atoms. The number of benzene rings is 2. The van der Waals surface area contributed by atoms with Gasteiger partial charge in [-0.1, -0.05) is 47.6 Å². The lowest BCUT2D eigenvalue weighted by molar-refractivity contribution is -0.113. The Morgan fingerprint density at radius 1 is 1.03 bits per heavy atom. The van der Waals surface area contributed by atoms with Crippen molar-refractivity contribution >= 4 is 46.5 Å². The van der Waals surface area contributed by atoms with Crippen LogP contribution in [0.1, 0.15) is 5.56 Å². The highest BCUT2D eigenvalue weighted by molar-refractivity contribution is 8.00. The molecule has 1 amide bonds. The summed E-state index contributed by atoms with van der Waals surface area (Å²) in [5.41, 5.74) is 2.94. The van der Waals surface area contributed by atoms with Crippen molar-refractivity contribution in [2.45, 2.75) is 11.9 Å². The first kappa shape index (κ1) is 21.5. The van der Waals surface area contributed by atoms with Gasteiger partial charge in [-0.05, 0) is 36.8 Å². The van der Waals surface area contributed by atoms with Gasteiger partial charge >= 0.3 is 0 Å². The van der Waals surface area contributed by atoms with Crippen LogP contribution in [0.5, 0.6) is 0 Å². The fourth-order valence-corrected chi connectivity index (χ4v) is 4.46. The van der Waals surface area contributed by atoms with Crippen LogP contribution in [0.3, 0.4) is 0 Å². The number of amides is 1. The third-order valence-corrected chi connectivity index (χ3v) is 6.36. The molecule has 160 valence electrons. The molecule has 1 aliphatic heterocycles. The van der Waals surface area contributed by atoms with Crippen molar-refractivity contribution in [1.29, 1.82) is 0 Å². The van der Waals surface area contributed by atoms with E-state index in [-0.39, 0.29) is 11.7 Å². The van der Waals surface area contributed by atoms with Gasteiger partial charge in [-0.15, -0.1) is 0 Å². The number of para-hydroxylation sites is 1. The number of nitrogens with one attached hydrogen (secondary N) is 1. The van der Waals surface area contributed by atoms with Crippen LogP contribution in [0.15, 0.2) is 66.0 Å². The second-order valence-corrected chi connectivity index (χ2v) is 8.69. The van der Waals surface area contributed by atoms with Crippen molar-refractivity contribution < 1.29 is 4.79 Å². The van der Waals surface area contributed by atoms with E-state index in [1.807, 2.05) is 25.1 Å². The third kappa shape index (κ3) is 5.48. The summed E-state index contributed by atoms with van der Waals surface area (Å²) in [6.07, 6.45) is 3.38. The third-order valence-electron chi connectivity index (χ3n) is 5.16. The highest BCUT2D eigenvalue weighted by atomic mass is 35.5. The Bertz CT molecular complexity index is 1040. The minimum atomic E-state index is -0.0964. The number of aryl methyl sites for hydroxylation is 1. The van der Waals surface area contributed by atoms with Crippen LogP contribution in [0.25, 0.3) is 0 Å². The maximum absolute atomic E-state index is 12.5. The first-order valence-corrected chi connectivity index (χ1v) is 11.5. The molecule has 1 saturated heterocycles. The lowest BCUT2D eigenvalue weighted by Crippen LogP contribution is -2.47. The summed E-state index contributed by atoms with van der Waals surface area (Å²) >= 11 is 7.45. The molecular weight excluding hydrogens is 430 g/mol. The number of aromatic nitrogens is 2. The van der Waals surface area contributed by atoms with Crippen molar-refractivity contribution in [2.24, 2.45) is 0 Å². The molecule has 1 aliphatic rings. The monoisotopic (exact) mass is 453 g/mol. The molecule has 0 spiro atoms. The zero-order valence-electron chi connectivity index (χ0n) is 17.3. The Kier molecular flexibility index (Phi) is 6.94. The maximum Gasteiger partial charge on any atom is 0.234 e. The average molecular weight is 454 g/mol. The van der Waals surface area contributed by atoms with Gasteiger partial charge < -0.3 is 15.1 Å². The molecule has 0 unspecified atom stereocenters. The van der Waals surface area contributed by atoms with E-state index in [0.717, 1.165) is 48.3 Å². The number of hydrogen-bond acceptors (Lipinski definition) is 6. The summed E-state index contributed by atoms with van der Waals surface area (Å²) in [4.78, 5) is 26.2. The van der Waals surface area contributed by atoms with Crippen molar-refractivity contribution in [3.05, 3.63) is 71.5 Å². The van der Waals surface area contributed by atoms with E-state index >= 15 is 0 Å². The maximum atomic E-state index is 12.5. The highest BCUT2D eigenvalue weighted by Gasteiger charge is 2.21. The number of anilines is 3. The minimum Gasteiger partial charge on any atom is -0.368 e. The van der Waals surface area contributed by atoms with Crippen LogP contribution in [-0.2, 0) is 4.79 Å². The number of piperazine rings is 1. The summed E-state index contributed by atoms with van der Waals surface area (Å²) in [6.45, 7) is 5.48. The van der Waals surface area contributed by atoms with Gasteiger partial charge in [-0.3, -0.25) is 4.79 Å². The van der Waals surface area contributed by atoms with Crippen LogP contribution in [-0.4, -0.2) is 47.8 Å². The number of halogens is 1. The van der Waals surface area contributed by atoms with Crippen molar-refractivity contribution in [2.75, 3.05) is 47.0 Å². The number of hydrogen-bond donors (Lipinski definition) is 1. The van der Waals surface area contributed by atoms with Gasteiger partial charge in [-0.25, -0.2) is 9.97 Å². The number of carbonyl (C=O) groups is 1. The Morgan fingerprint density at radius 3 is 2.52 bits per heavy atom. The van der Waals surface area contributed by atoms with Gasteiger partial charge in [-0.2, -0.15) is 0 Å². The molecular formula is C23H24ClN5OS. The van der Waals surface area contributed by atoms with Crippen LogP contribution in [0.2, 0.25) is 5.02 Å². The van der Waals surface area contributed by atoms with Crippen molar-refractivity contribution in [1.82, 2.24) is 9.97 Å². The molecule has 1 N–H and O–H groups in total. The van der Waals surface area contributed by atoms with Crippen LogP contribution in [0, 0.1) is 6.92 Å². The molecule has 1 fully saturated rings. The Balaban J connectivity index is 1.36. The second-order valence-electron chi connectivity index (χ2n) is 7.29. The zero-order valence-corrected chi connectivity index (χ0v) is 18.9. The van der Waals surface area contributed by atoms with E-state index in [9.17, 15) is 4.79 Å². The molecule has 1 aromatic heterocycles. The van der Waals surface area contributed by atoms with E-state index in [4.69, 9.17) is 11.6 Å². The highest BCUT2D eigenvalue weighted by Crippen LogP contribution is 2.28. The lowest BCUT2D eigenvalue weighted by atomic mass is 10.2. The first-order valence-electron chi connectivity index (χ1n) is 10.1. The molecule has 0 saturated carbocycles. The van der Waals surface area contributed by atoms with E-state index in [1.54, 1.807) is 18.5 Å². The molecule has 4 rings (SSSR count). The van der Waals surface area contributed by atoms with E-state index in [1.165, 1.54) is 17.4 Å². The fraction of sp³-hybridized carbons (Fsp3) is 0.261. The smallest absolute Gasteiger partial charge is 0.234 e. The minimum absolute atomic E-state index is 0.0964. The van der Waals surface area contributed by atoms with Crippen molar-refractivity contribution in [3.8, 4) is 0 Å². The number of thioether (sulfide) groups is 1. The average Bonchev–Trinajstić information content (AvgIpc) is 2.81. The fourth-order valence-electron chi connectivity index (χ4n) is 3.50. The molecule has 0 bridgehead atoms. The predicted octanol–water partition coefficient (Wildman–Crippen LogP) is 4.50. The van der Waals surface area contributed by atoms with Gasteiger partial charge in [0.05, 0.1) is 5.75 Å². The number of carbonyl (C=O) groups excluding carboxylic acids is 1. The normalized spacial score (nSPS) is 13.9. The van der Waals surface area contributed by atoms with Gasteiger partial charge in [0, 0.05) is 55.0 Å². The molecule has 0 aliphatic carbocycles. The summed E-state index contributed by atoms with van der Waals surface area (Å²) in [6, 6.07) is 15.9. The van der Waals surface area contributed by atoms with Gasteiger partial charge in [0.1, 0.15) is 5.03 Å². The molecule has 3 aromatic rings. The van der Waals surface area contributed by atoms with Gasteiger partial charge in [0.25, 0.3) is 0 Å². The lowest BCUT2D eigenvalue weighted by Gasteiger charge is -2.37. The van der Waals surface area contributed by atoms with E-state index < -0.39 is 0 Å². The predicted molar refractivity (Wildman–Crippen MR) is 128 cm³/mol. The van der Waals surface area contributed by atoms with E-state index in [0.29, 0.717) is 5.02 Å². The summed E-state index contributed by atoms with van der Waals surface area (Å²) in [5, 5.41) is 4.30. The number of nitrogens with zero attached hydrogens (tertiary/aromatic N) is 4. The Morgan fingerprint density at radius 2 is 1.74 bits per heavy atom. The molecule has 0 radical (unpaired) electrons. The SMILES string of the molecule is Cc1ccc(Cl)cc1NC(=O)CSc1nccnc1N1CCN(c2ccccc2)CC1. The largest absolute Gasteiger partial charge is 0.368 e. The molecule has 2 aromatic carbocycles. The standard InChI is InChI=1S/C23H24ClN5OS/c1-17-7-8-18(24)15-20(17)27-21(30)16-31-23-22(25-9-10-26-23)29-13-11-28(12-14-29)19-5-3-2-4-6-19/h2-10,15H,11-14,16H2,1H3,(H,27,30). The van der Waals surface area contributed by atoms with Gasteiger partial charge in [0.2, 0.25) is 5.91 Å². The molecule has 6 nitrogen and oxygen atoms in total. The van der Waals surface area contributed by atoms with Gasteiger partial charge in [0.15, 0.2) is 5.82 Å². The first-order chi connectivity index (χ1) is 15.1. The molecule has 8 heteroatoms. The Hall–Kier alpha value is -2.77. The zero-order chi connectivity index (χ0) is 21.6. The molecule has 2 heterocycles. The Labute approximate surface area is 191 Å².